The number of nitrogens with zero attached hydrogens (tertiary/aromatic N) is 3. The fourth-order valence-electron chi connectivity index (χ4n) is 4.30. The summed E-state index contributed by atoms with van der Waals surface area (Å²) in [6, 6.07) is 9.92. The summed E-state index contributed by atoms with van der Waals surface area (Å²) in [5.74, 6) is 0.857. The molecule has 2 saturated heterocycles. The van der Waals surface area contributed by atoms with Crippen molar-refractivity contribution in [3.8, 4) is 0 Å². The van der Waals surface area contributed by atoms with Gasteiger partial charge in [-0.25, -0.2) is 0 Å². The van der Waals surface area contributed by atoms with Gasteiger partial charge < -0.3 is 15.4 Å². The van der Waals surface area contributed by atoms with Crippen molar-refractivity contribution in [3.63, 3.8) is 0 Å². The van der Waals surface area contributed by atoms with Crippen molar-refractivity contribution in [2.75, 3.05) is 46.4 Å². The highest BCUT2D eigenvalue weighted by Gasteiger charge is 2.23. The Kier molecular flexibility index (Phi) is 8.77. The quantitative estimate of drug-likeness (QED) is 0.543. The van der Waals surface area contributed by atoms with Crippen molar-refractivity contribution in [1.82, 2.24) is 20.4 Å². The van der Waals surface area contributed by atoms with Gasteiger partial charge in [0.2, 0.25) is 0 Å². The van der Waals surface area contributed by atoms with Gasteiger partial charge in [0.05, 0.1) is 13.2 Å². The van der Waals surface area contributed by atoms with E-state index in [1.165, 1.54) is 43.5 Å². The molecule has 6 nitrogen and oxygen atoms in total. The molecule has 2 N–H and O–H groups in total. The lowest BCUT2D eigenvalue weighted by atomic mass is 10.1. The van der Waals surface area contributed by atoms with Crippen LogP contribution >= 0.6 is 0 Å². The number of ether oxygens (including phenoxy) is 1. The smallest absolute Gasteiger partial charge is 0.191 e. The number of hydrogen-bond donors (Lipinski definition) is 2. The van der Waals surface area contributed by atoms with Gasteiger partial charge in [-0.2, -0.15) is 0 Å². The molecular formula is C23H39N5O. The first-order valence-electron chi connectivity index (χ1n) is 11.2. The van der Waals surface area contributed by atoms with Crippen LogP contribution in [0.2, 0.25) is 0 Å². The number of morpholine rings is 1. The zero-order valence-electron chi connectivity index (χ0n) is 18.5. The normalized spacial score (nSPS) is 23.0. The van der Waals surface area contributed by atoms with Crippen LogP contribution in [0.3, 0.4) is 0 Å². The zero-order valence-corrected chi connectivity index (χ0v) is 18.5. The lowest BCUT2D eigenvalue weighted by Gasteiger charge is -2.38. The van der Waals surface area contributed by atoms with Gasteiger partial charge in [-0.1, -0.05) is 30.7 Å². The highest BCUT2D eigenvalue weighted by atomic mass is 16.5. The van der Waals surface area contributed by atoms with Crippen molar-refractivity contribution in [1.29, 1.82) is 0 Å². The Bertz CT molecular complexity index is 627. The molecule has 162 valence electrons. The van der Waals surface area contributed by atoms with Crippen LogP contribution in [0, 0.1) is 0 Å². The summed E-state index contributed by atoms with van der Waals surface area (Å²) in [5.41, 5.74) is 2.69. The number of nitrogens with one attached hydrogen (secondary N) is 2. The lowest BCUT2D eigenvalue weighted by Crippen LogP contribution is -2.52. The van der Waals surface area contributed by atoms with Gasteiger partial charge >= 0.3 is 0 Å². The summed E-state index contributed by atoms with van der Waals surface area (Å²) in [6.07, 6.45) is 4.08. The molecule has 0 aromatic heterocycles. The molecule has 29 heavy (non-hydrogen) atoms. The molecule has 2 atom stereocenters. The molecule has 0 saturated carbocycles. The van der Waals surface area contributed by atoms with Crippen LogP contribution in [-0.2, 0) is 17.8 Å². The predicted molar refractivity (Wildman–Crippen MR) is 120 cm³/mol. The predicted octanol–water partition coefficient (Wildman–Crippen LogP) is 2.45. The van der Waals surface area contributed by atoms with E-state index in [-0.39, 0.29) is 0 Å². The monoisotopic (exact) mass is 401 g/mol. The van der Waals surface area contributed by atoms with Crippen molar-refractivity contribution < 1.29 is 4.74 Å². The molecule has 6 heteroatoms. The fourth-order valence-corrected chi connectivity index (χ4v) is 4.30. The van der Waals surface area contributed by atoms with E-state index in [0.717, 1.165) is 45.4 Å². The van der Waals surface area contributed by atoms with Crippen LogP contribution in [0.4, 0.5) is 0 Å². The maximum Gasteiger partial charge on any atom is 0.191 e. The molecule has 0 amide bonds. The molecule has 2 unspecified atom stereocenters. The largest absolute Gasteiger partial charge is 0.379 e. The lowest BCUT2D eigenvalue weighted by molar-refractivity contribution is -0.0174. The number of likely N-dealkylation sites (tertiary alicyclic amines) is 1. The zero-order chi connectivity index (χ0) is 20.5. The van der Waals surface area contributed by atoms with E-state index >= 15 is 0 Å². The Morgan fingerprint density at radius 2 is 1.83 bits per heavy atom. The molecule has 1 aromatic carbocycles. The first-order chi connectivity index (χ1) is 14.2. The van der Waals surface area contributed by atoms with E-state index in [0.29, 0.717) is 12.1 Å². The topological polar surface area (TPSA) is 52.1 Å². The molecule has 0 aliphatic carbocycles. The summed E-state index contributed by atoms with van der Waals surface area (Å²) < 4.78 is 5.55. The van der Waals surface area contributed by atoms with E-state index < -0.39 is 0 Å². The average molecular weight is 402 g/mol. The Labute approximate surface area is 176 Å². The maximum atomic E-state index is 5.55. The second kappa shape index (κ2) is 11.5. The van der Waals surface area contributed by atoms with E-state index in [1.54, 1.807) is 0 Å². The number of aliphatic imine (C=N–C) groups is 1. The second-order valence-corrected chi connectivity index (χ2v) is 8.47. The molecule has 0 spiro atoms. The summed E-state index contributed by atoms with van der Waals surface area (Å²) in [4.78, 5) is 9.45. The van der Waals surface area contributed by atoms with Crippen LogP contribution in [0.15, 0.2) is 29.3 Å². The molecule has 2 aliphatic rings. The van der Waals surface area contributed by atoms with E-state index in [4.69, 9.17) is 4.74 Å². The van der Waals surface area contributed by atoms with Crippen LogP contribution < -0.4 is 10.6 Å². The third-order valence-corrected chi connectivity index (χ3v) is 6.11. The third kappa shape index (κ3) is 6.98. The highest BCUT2D eigenvalue weighted by molar-refractivity contribution is 5.79. The maximum absolute atomic E-state index is 5.55. The Hall–Kier alpha value is -1.63. The van der Waals surface area contributed by atoms with Crippen molar-refractivity contribution in [3.05, 3.63) is 35.4 Å². The number of rotatable bonds is 7. The average Bonchev–Trinajstić information content (AvgIpc) is 2.76. The summed E-state index contributed by atoms with van der Waals surface area (Å²) in [6.45, 7) is 12.4. The van der Waals surface area contributed by atoms with Crippen LogP contribution in [0.5, 0.6) is 0 Å². The highest BCUT2D eigenvalue weighted by Crippen LogP contribution is 2.14. The SMILES string of the molecule is CN=C(NCc1ccc(CN2CCCCC2)cc1)NCC(C)N1CCOCC1C. The molecular weight excluding hydrogens is 362 g/mol. The van der Waals surface area contributed by atoms with Crippen LogP contribution in [-0.4, -0.2) is 74.3 Å². The van der Waals surface area contributed by atoms with Gasteiger partial charge in [0.25, 0.3) is 0 Å². The fraction of sp³-hybridized carbons (Fsp3) is 0.696. The van der Waals surface area contributed by atoms with Gasteiger partial charge in [0, 0.05) is 45.3 Å². The van der Waals surface area contributed by atoms with Crippen molar-refractivity contribution in [2.45, 2.75) is 58.3 Å². The van der Waals surface area contributed by atoms with Gasteiger partial charge in [0.1, 0.15) is 0 Å². The minimum atomic E-state index is 0.446. The van der Waals surface area contributed by atoms with Gasteiger partial charge in [-0.05, 0) is 50.9 Å². The molecule has 2 heterocycles. The number of benzene rings is 1. The summed E-state index contributed by atoms with van der Waals surface area (Å²) in [7, 11) is 1.83. The first kappa shape index (κ1) is 22.1. The second-order valence-electron chi connectivity index (χ2n) is 8.47. The van der Waals surface area contributed by atoms with E-state index in [2.05, 4.69) is 63.5 Å². The van der Waals surface area contributed by atoms with Crippen LogP contribution in [0.25, 0.3) is 0 Å². The molecule has 1 aromatic rings. The van der Waals surface area contributed by atoms with Gasteiger partial charge in [-0.3, -0.25) is 14.8 Å². The van der Waals surface area contributed by atoms with E-state index in [1.807, 2.05) is 7.05 Å². The minimum absolute atomic E-state index is 0.446. The van der Waals surface area contributed by atoms with Gasteiger partial charge in [-0.15, -0.1) is 0 Å². The third-order valence-electron chi connectivity index (χ3n) is 6.11. The minimum Gasteiger partial charge on any atom is -0.379 e. The van der Waals surface area contributed by atoms with Crippen molar-refractivity contribution in [2.24, 2.45) is 4.99 Å². The number of guanidine groups is 1. The molecule has 2 fully saturated rings. The first-order valence-corrected chi connectivity index (χ1v) is 11.2. The van der Waals surface area contributed by atoms with Crippen molar-refractivity contribution >= 4 is 5.96 Å². The molecule has 3 rings (SSSR count). The standard InChI is InChI=1S/C23H39N5O/c1-19(28-13-14-29-18-20(28)2)15-25-23(24-3)26-16-21-7-9-22(10-8-21)17-27-11-5-4-6-12-27/h7-10,19-20H,4-6,11-18H2,1-3H3,(H2,24,25,26). The molecule has 0 bridgehead atoms. The molecule has 0 radical (unpaired) electrons. The van der Waals surface area contributed by atoms with Crippen LogP contribution in [0.1, 0.15) is 44.2 Å². The molecule has 2 aliphatic heterocycles. The Balaban J connectivity index is 1.40. The summed E-state index contributed by atoms with van der Waals surface area (Å²) in [5, 5.41) is 6.91. The summed E-state index contributed by atoms with van der Waals surface area (Å²) >= 11 is 0. The number of hydrogen-bond acceptors (Lipinski definition) is 4. The number of piperidine rings is 1. The van der Waals surface area contributed by atoms with Gasteiger partial charge in [0.15, 0.2) is 5.96 Å². The van der Waals surface area contributed by atoms with E-state index in [9.17, 15) is 0 Å². The Morgan fingerprint density at radius 3 is 2.52 bits per heavy atom. The Morgan fingerprint density at radius 1 is 1.10 bits per heavy atom.